The Morgan fingerprint density at radius 1 is 1.38 bits per heavy atom. The topological polar surface area (TPSA) is 88.1 Å². The first-order chi connectivity index (χ1) is 7.68. The van der Waals surface area contributed by atoms with Gasteiger partial charge in [-0.3, -0.25) is 9.69 Å². The molecule has 0 radical (unpaired) electrons. The largest absolute Gasteiger partial charge is 0.506 e. The highest BCUT2D eigenvalue weighted by Crippen LogP contribution is 1.94. The number of nitrogens with one attached hydrogen (secondary N) is 1. The SMILES string of the molecule is O=C(COC(=O)O)NCCN1CCOCC1. The van der Waals surface area contributed by atoms with E-state index in [4.69, 9.17) is 9.84 Å². The fourth-order valence-corrected chi connectivity index (χ4v) is 1.36. The number of rotatable bonds is 5. The summed E-state index contributed by atoms with van der Waals surface area (Å²) in [6.07, 6.45) is -1.44. The zero-order valence-electron chi connectivity index (χ0n) is 8.98. The van der Waals surface area contributed by atoms with Gasteiger partial charge < -0.3 is 19.9 Å². The lowest BCUT2D eigenvalue weighted by atomic mass is 10.4. The van der Waals surface area contributed by atoms with E-state index in [0.717, 1.165) is 32.8 Å². The highest BCUT2D eigenvalue weighted by Gasteiger charge is 2.10. The predicted molar refractivity (Wildman–Crippen MR) is 54.2 cm³/mol. The van der Waals surface area contributed by atoms with Crippen molar-refractivity contribution in [3.05, 3.63) is 0 Å². The lowest BCUT2D eigenvalue weighted by molar-refractivity contribution is -0.124. The number of hydrogen-bond donors (Lipinski definition) is 2. The average molecular weight is 232 g/mol. The molecular weight excluding hydrogens is 216 g/mol. The summed E-state index contributed by atoms with van der Waals surface area (Å²) in [6, 6.07) is 0. The lowest BCUT2D eigenvalue weighted by Gasteiger charge is -2.26. The van der Waals surface area contributed by atoms with Crippen molar-refractivity contribution in [3.8, 4) is 0 Å². The molecule has 0 aromatic carbocycles. The summed E-state index contributed by atoms with van der Waals surface area (Å²) < 4.78 is 9.29. The summed E-state index contributed by atoms with van der Waals surface area (Å²) in [4.78, 5) is 23.2. The quantitative estimate of drug-likeness (QED) is 0.599. The molecule has 1 rings (SSSR count). The molecule has 0 unspecified atom stereocenters. The van der Waals surface area contributed by atoms with Crippen LogP contribution in [0.1, 0.15) is 0 Å². The molecule has 1 fully saturated rings. The van der Waals surface area contributed by atoms with Crippen molar-refractivity contribution >= 4 is 12.1 Å². The van der Waals surface area contributed by atoms with Gasteiger partial charge in [0.1, 0.15) is 0 Å². The van der Waals surface area contributed by atoms with Gasteiger partial charge in [-0.15, -0.1) is 0 Å². The average Bonchev–Trinajstić information content (AvgIpc) is 2.28. The van der Waals surface area contributed by atoms with Gasteiger partial charge in [-0.1, -0.05) is 0 Å². The zero-order valence-corrected chi connectivity index (χ0v) is 8.98. The van der Waals surface area contributed by atoms with Crippen LogP contribution in [-0.4, -0.2) is 68.1 Å². The molecule has 0 aromatic rings. The molecule has 1 heterocycles. The van der Waals surface area contributed by atoms with Crippen molar-refractivity contribution in [2.24, 2.45) is 0 Å². The molecule has 7 nitrogen and oxygen atoms in total. The molecule has 0 spiro atoms. The number of ether oxygens (including phenoxy) is 2. The third-order valence-corrected chi connectivity index (χ3v) is 2.18. The van der Waals surface area contributed by atoms with Gasteiger partial charge in [0.05, 0.1) is 13.2 Å². The molecule has 1 saturated heterocycles. The van der Waals surface area contributed by atoms with Gasteiger partial charge in [0, 0.05) is 26.2 Å². The van der Waals surface area contributed by atoms with Gasteiger partial charge in [-0.05, 0) is 0 Å². The van der Waals surface area contributed by atoms with Crippen molar-refractivity contribution in [2.45, 2.75) is 0 Å². The summed E-state index contributed by atoms with van der Waals surface area (Å²) in [5.74, 6) is -0.421. The van der Waals surface area contributed by atoms with Crippen molar-refractivity contribution in [1.29, 1.82) is 0 Å². The molecule has 0 atom stereocenters. The van der Waals surface area contributed by atoms with Gasteiger partial charge in [-0.2, -0.15) is 0 Å². The molecule has 0 bridgehead atoms. The number of amides is 1. The Morgan fingerprint density at radius 2 is 2.06 bits per heavy atom. The van der Waals surface area contributed by atoms with Crippen molar-refractivity contribution in [2.75, 3.05) is 46.0 Å². The maximum Gasteiger partial charge on any atom is 0.506 e. The summed E-state index contributed by atoms with van der Waals surface area (Å²) in [5.41, 5.74) is 0. The molecule has 1 aliphatic heterocycles. The Labute approximate surface area is 93.3 Å². The van der Waals surface area contributed by atoms with Crippen molar-refractivity contribution in [1.82, 2.24) is 10.2 Å². The normalized spacial score (nSPS) is 16.8. The van der Waals surface area contributed by atoms with E-state index >= 15 is 0 Å². The van der Waals surface area contributed by atoms with Gasteiger partial charge in [0.25, 0.3) is 5.91 Å². The highest BCUT2D eigenvalue weighted by molar-refractivity contribution is 5.78. The second kappa shape index (κ2) is 7.02. The first-order valence-corrected chi connectivity index (χ1v) is 5.11. The number of carbonyl (C=O) groups is 2. The molecule has 16 heavy (non-hydrogen) atoms. The number of hydrogen-bond acceptors (Lipinski definition) is 5. The van der Waals surface area contributed by atoms with Crippen LogP contribution in [0.15, 0.2) is 0 Å². The second-order valence-electron chi connectivity index (χ2n) is 3.36. The van der Waals surface area contributed by atoms with Crippen molar-refractivity contribution in [3.63, 3.8) is 0 Å². The molecule has 92 valence electrons. The molecule has 7 heteroatoms. The van der Waals surface area contributed by atoms with E-state index in [9.17, 15) is 9.59 Å². The van der Waals surface area contributed by atoms with Gasteiger partial charge >= 0.3 is 6.16 Å². The molecule has 0 aromatic heterocycles. The van der Waals surface area contributed by atoms with Crippen LogP contribution in [0, 0.1) is 0 Å². The fourth-order valence-electron chi connectivity index (χ4n) is 1.36. The molecule has 0 saturated carbocycles. The summed E-state index contributed by atoms with van der Waals surface area (Å²) in [6.45, 7) is 3.94. The van der Waals surface area contributed by atoms with Crippen LogP contribution in [0.4, 0.5) is 4.79 Å². The second-order valence-corrected chi connectivity index (χ2v) is 3.36. The van der Waals surface area contributed by atoms with Gasteiger partial charge in [-0.25, -0.2) is 4.79 Å². The van der Waals surface area contributed by atoms with Gasteiger partial charge in [0.2, 0.25) is 0 Å². The van der Waals surface area contributed by atoms with Crippen molar-refractivity contribution < 1.29 is 24.2 Å². The van der Waals surface area contributed by atoms with Crippen LogP contribution < -0.4 is 5.32 Å². The molecule has 0 aliphatic carbocycles. The van der Waals surface area contributed by atoms with E-state index in [-0.39, 0.29) is 0 Å². The van der Waals surface area contributed by atoms with Crippen LogP contribution in [-0.2, 0) is 14.3 Å². The third kappa shape index (κ3) is 5.52. The molecule has 2 N–H and O–H groups in total. The first-order valence-electron chi connectivity index (χ1n) is 5.11. The maximum absolute atomic E-state index is 11.0. The van der Waals surface area contributed by atoms with E-state index in [0.29, 0.717) is 6.54 Å². The monoisotopic (exact) mass is 232 g/mol. The Kier molecular flexibility index (Phi) is 5.58. The van der Waals surface area contributed by atoms with Gasteiger partial charge in [0.15, 0.2) is 6.61 Å². The predicted octanol–water partition coefficient (Wildman–Crippen LogP) is -0.871. The Hall–Kier alpha value is -1.34. The first kappa shape index (κ1) is 12.7. The summed E-state index contributed by atoms with van der Waals surface area (Å²) >= 11 is 0. The third-order valence-electron chi connectivity index (χ3n) is 2.18. The minimum Gasteiger partial charge on any atom is -0.450 e. The standard InChI is InChI=1S/C9H16N2O5/c12-8(7-16-9(13)14)10-1-2-11-3-5-15-6-4-11/h1-7H2,(H,10,12)(H,13,14). The Morgan fingerprint density at radius 3 is 2.69 bits per heavy atom. The smallest absolute Gasteiger partial charge is 0.450 e. The minimum absolute atomic E-state index is 0.421. The minimum atomic E-state index is -1.44. The molecule has 1 aliphatic rings. The van der Waals surface area contributed by atoms with Crippen LogP contribution >= 0.6 is 0 Å². The zero-order chi connectivity index (χ0) is 11.8. The number of carboxylic acid groups (broad SMARTS) is 1. The van der Waals surface area contributed by atoms with Crippen LogP contribution in [0.3, 0.4) is 0 Å². The highest BCUT2D eigenvalue weighted by atomic mass is 16.7. The molecule has 1 amide bonds. The number of nitrogens with zero attached hydrogens (tertiary/aromatic N) is 1. The molecular formula is C9H16N2O5. The number of morpholine rings is 1. The van der Waals surface area contributed by atoms with Crippen LogP contribution in [0.5, 0.6) is 0 Å². The van der Waals surface area contributed by atoms with E-state index in [1.807, 2.05) is 0 Å². The summed E-state index contributed by atoms with van der Waals surface area (Å²) in [7, 11) is 0. The van der Waals surface area contributed by atoms with E-state index in [1.165, 1.54) is 0 Å². The van der Waals surface area contributed by atoms with E-state index < -0.39 is 18.7 Å². The van der Waals surface area contributed by atoms with E-state index in [1.54, 1.807) is 0 Å². The Balaban J connectivity index is 2.01. The Bertz CT molecular complexity index is 240. The fraction of sp³-hybridized carbons (Fsp3) is 0.778. The van der Waals surface area contributed by atoms with Crippen LogP contribution in [0.2, 0.25) is 0 Å². The number of carbonyl (C=O) groups excluding carboxylic acids is 1. The maximum atomic E-state index is 11.0. The lowest BCUT2D eigenvalue weighted by Crippen LogP contribution is -2.42. The van der Waals surface area contributed by atoms with Crippen LogP contribution in [0.25, 0.3) is 0 Å². The van der Waals surface area contributed by atoms with E-state index in [2.05, 4.69) is 15.0 Å². The summed E-state index contributed by atoms with van der Waals surface area (Å²) in [5, 5.41) is 10.7.